The van der Waals surface area contributed by atoms with E-state index in [0.717, 1.165) is 43.0 Å². The molecule has 3 aromatic rings. The van der Waals surface area contributed by atoms with Gasteiger partial charge in [-0.05, 0) is 68.4 Å². The molecule has 1 N–H and O–H groups in total. The van der Waals surface area contributed by atoms with Gasteiger partial charge in [-0.3, -0.25) is 24.3 Å². The number of benzene rings is 3. The van der Waals surface area contributed by atoms with Gasteiger partial charge in [0.05, 0.1) is 17.9 Å². The number of carbonyl (C=O) groups is 3. The molecule has 2 aliphatic heterocycles. The van der Waals surface area contributed by atoms with E-state index >= 15 is 0 Å². The number of anilines is 2. The van der Waals surface area contributed by atoms with Crippen LogP contribution in [0.3, 0.4) is 0 Å². The fourth-order valence-corrected chi connectivity index (χ4v) is 5.60. The molecule has 5 rings (SSSR count). The second kappa shape index (κ2) is 13.3. The normalized spacial score (nSPS) is 17.3. The maximum absolute atomic E-state index is 13.4. The number of nitrogens with one attached hydrogen (secondary N) is 1. The average molecular weight is 581 g/mol. The van der Waals surface area contributed by atoms with E-state index in [4.69, 9.17) is 4.99 Å². The molecule has 43 heavy (non-hydrogen) atoms. The van der Waals surface area contributed by atoms with E-state index in [0.29, 0.717) is 42.3 Å². The molecule has 1 saturated heterocycles. The first-order valence-electron chi connectivity index (χ1n) is 14.9. The van der Waals surface area contributed by atoms with Crippen LogP contribution < -0.4 is 10.2 Å². The Kier molecular flexibility index (Phi) is 9.33. The Labute approximate surface area is 253 Å². The molecular formula is C34H40N6O3. The molecule has 0 bridgehead atoms. The molecule has 1 atom stereocenters. The van der Waals surface area contributed by atoms with Crippen LogP contribution in [0.1, 0.15) is 41.3 Å². The monoisotopic (exact) mass is 580 g/mol. The molecule has 1 unspecified atom stereocenters. The van der Waals surface area contributed by atoms with Crippen molar-refractivity contribution < 1.29 is 14.4 Å². The molecule has 224 valence electrons. The van der Waals surface area contributed by atoms with Crippen molar-refractivity contribution in [2.75, 3.05) is 70.1 Å². The van der Waals surface area contributed by atoms with Gasteiger partial charge in [0.25, 0.3) is 5.91 Å². The summed E-state index contributed by atoms with van der Waals surface area (Å²) < 4.78 is 0. The largest absolute Gasteiger partial charge is 0.339 e. The van der Waals surface area contributed by atoms with E-state index in [1.807, 2.05) is 74.5 Å². The highest BCUT2D eigenvalue weighted by molar-refractivity contribution is 6.24. The zero-order valence-electron chi connectivity index (χ0n) is 25.4. The van der Waals surface area contributed by atoms with Gasteiger partial charge < -0.3 is 20.0 Å². The quantitative estimate of drug-likeness (QED) is 0.383. The van der Waals surface area contributed by atoms with Crippen molar-refractivity contribution in [1.29, 1.82) is 0 Å². The highest BCUT2D eigenvalue weighted by Gasteiger charge is 2.36. The van der Waals surface area contributed by atoms with Crippen LogP contribution in [0.5, 0.6) is 0 Å². The minimum atomic E-state index is -0.637. The summed E-state index contributed by atoms with van der Waals surface area (Å²) in [6.45, 7) is 9.23. The predicted octanol–water partition coefficient (Wildman–Crippen LogP) is 4.24. The molecule has 0 aliphatic carbocycles. The third-order valence-corrected chi connectivity index (χ3v) is 8.34. The molecular weight excluding hydrogens is 540 g/mol. The Morgan fingerprint density at radius 1 is 0.907 bits per heavy atom. The van der Waals surface area contributed by atoms with Crippen LogP contribution in [0.15, 0.2) is 77.8 Å². The first-order valence-corrected chi connectivity index (χ1v) is 14.9. The fraction of sp³-hybridized carbons (Fsp3) is 0.353. The second-order valence-electron chi connectivity index (χ2n) is 11.1. The number of likely N-dealkylation sites (N-methyl/N-ethyl adjacent to an activating group) is 2. The summed E-state index contributed by atoms with van der Waals surface area (Å²) in [5.74, 6) is -0.836. The van der Waals surface area contributed by atoms with Crippen LogP contribution in [0, 0.1) is 0 Å². The van der Waals surface area contributed by atoms with E-state index < -0.39 is 5.92 Å². The molecule has 0 saturated carbocycles. The number of aliphatic imine (C=N–C) groups is 1. The first-order chi connectivity index (χ1) is 20.8. The third kappa shape index (κ3) is 6.68. The molecule has 1 fully saturated rings. The maximum atomic E-state index is 13.4. The number of carbonyl (C=O) groups excluding carboxylic acids is 3. The number of hydrogen-bond donors (Lipinski definition) is 1. The third-order valence-electron chi connectivity index (χ3n) is 8.34. The lowest BCUT2D eigenvalue weighted by Crippen LogP contribution is -2.48. The van der Waals surface area contributed by atoms with Crippen molar-refractivity contribution in [3.63, 3.8) is 0 Å². The molecule has 3 amide bonds. The Balaban J connectivity index is 1.40. The SMILES string of the molecule is CCN(CC)C(=O)c1ccc2c(c1)NC(=O)C2C(=Nc1ccc(N(C)C(=O)CN2CCN(C)CC2)cc1)c1ccccc1. The van der Waals surface area contributed by atoms with Crippen LogP contribution >= 0.6 is 0 Å². The molecule has 0 spiro atoms. The van der Waals surface area contributed by atoms with Crippen molar-refractivity contribution in [3.05, 3.63) is 89.5 Å². The van der Waals surface area contributed by atoms with Gasteiger partial charge in [-0.1, -0.05) is 36.4 Å². The van der Waals surface area contributed by atoms with Gasteiger partial charge in [0.2, 0.25) is 11.8 Å². The van der Waals surface area contributed by atoms with Crippen molar-refractivity contribution in [2.24, 2.45) is 4.99 Å². The fourth-order valence-electron chi connectivity index (χ4n) is 5.60. The maximum Gasteiger partial charge on any atom is 0.253 e. The van der Waals surface area contributed by atoms with Gasteiger partial charge in [0.1, 0.15) is 5.92 Å². The molecule has 9 heteroatoms. The van der Waals surface area contributed by atoms with E-state index in [9.17, 15) is 14.4 Å². The standard InChI is InChI=1S/C34H40N6O3/c1-5-40(6-2)34(43)25-12-17-28-29(22-25)36-33(42)31(28)32(24-10-8-7-9-11-24)35-26-13-15-27(16-14-26)38(4)30(41)23-39-20-18-37(3)19-21-39/h7-17,22,31H,5-6,18-21,23H2,1-4H3,(H,36,42). The van der Waals surface area contributed by atoms with Gasteiger partial charge in [-0.25, -0.2) is 0 Å². The van der Waals surface area contributed by atoms with E-state index in [1.54, 1.807) is 29.0 Å². The number of piperazine rings is 1. The Hall–Kier alpha value is -4.34. The minimum Gasteiger partial charge on any atom is -0.339 e. The summed E-state index contributed by atoms with van der Waals surface area (Å²) in [7, 11) is 3.90. The van der Waals surface area contributed by atoms with Gasteiger partial charge in [-0.15, -0.1) is 0 Å². The number of rotatable bonds is 9. The van der Waals surface area contributed by atoms with Crippen molar-refractivity contribution in [1.82, 2.24) is 14.7 Å². The number of amides is 3. The van der Waals surface area contributed by atoms with Gasteiger partial charge in [0.15, 0.2) is 0 Å². The zero-order chi connectivity index (χ0) is 30.5. The van der Waals surface area contributed by atoms with Crippen LogP contribution in [0.4, 0.5) is 17.1 Å². The molecule has 2 aliphatic rings. The number of fused-ring (bicyclic) bond motifs is 1. The van der Waals surface area contributed by atoms with Crippen molar-refractivity contribution in [3.8, 4) is 0 Å². The summed E-state index contributed by atoms with van der Waals surface area (Å²) >= 11 is 0. The topological polar surface area (TPSA) is 88.6 Å². The Bertz CT molecular complexity index is 1490. The summed E-state index contributed by atoms with van der Waals surface area (Å²) in [5.41, 5.74) is 4.88. The molecule has 0 aromatic heterocycles. The summed E-state index contributed by atoms with van der Waals surface area (Å²) in [5, 5.41) is 2.98. The summed E-state index contributed by atoms with van der Waals surface area (Å²) in [4.78, 5) is 52.2. The smallest absolute Gasteiger partial charge is 0.253 e. The number of hydrogen-bond acceptors (Lipinski definition) is 6. The average Bonchev–Trinajstić information content (AvgIpc) is 3.36. The zero-order valence-corrected chi connectivity index (χ0v) is 25.4. The molecule has 2 heterocycles. The van der Waals surface area contributed by atoms with Crippen molar-refractivity contribution in [2.45, 2.75) is 19.8 Å². The van der Waals surface area contributed by atoms with E-state index in [-0.39, 0.29) is 17.7 Å². The first kappa shape index (κ1) is 30.1. The van der Waals surface area contributed by atoms with Gasteiger partial charge in [-0.2, -0.15) is 0 Å². The molecule has 9 nitrogen and oxygen atoms in total. The highest BCUT2D eigenvalue weighted by atomic mass is 16.2. The second-order valence-corrected chi connectivity index (χ2v) is 11.1. The van der Waals surface area contributed by atoms with E-state index in [1.165, 1.54) is 0 Å². The predicted molar refractivity (Wildman–Crippen MR) is 171 cm³/mol. The van der Waals surface area contributed by atoms with Crippen LogP contribution in [0.25, 0.3) is 0 Å². The van der Waals surface area contributed by atoms with E-state index in [2.05, 4.69) is 22.2 Å². The lowest BCUT2D eigenvalue weighted by molar-refractivity contribution is -0.120. The van der Waals surface area contributed by atoms with Crippen molar-refractivity contribution >= 4 is 40.5 Å². The van der Waals surface area contributed by atoms with Gasteiger partial charge in [0, 0.05) is 63.3 Å². The lowest BCUT2D eigenvalue weighted by atomic mass is 9.90. The minimum absolute atomic E-state index is 0.0452. The lowest BCUT2D eigenvalue weighted by Gasteiger charge is -2.32. The van der Waals surface area contributed by atoms with Crippen LogP contribution in [-0.4, -0.2) is 98.0 Å². The Morgan fingerprint density at radius 3 is 2.23 bits per heavy atom. The molecule has 3 aromatic carbocycles. The molecule has 0 radical (unpaired) electrons. The summed E-state index contributed by atoms with van der Waals surface area (Å²) in [6.07, 6.45) is 0. The number of nitrogens with zero attached hydrogens (tertiary/aromatic N) is 5. The van der Waals surface area contributed by atoms with Gasteiger partial charge >= 0.3 is 0 Å². The Morgan fingerprint density at radius 2 is 1.58 bits per heavy atom. The highest BCUT2D eigenvalue weighted by Crippen LogP contribution is 2.37. The van der Waals surface area contributed by atoms with Crippen LogP contribution in [0.2, 0.25) is 0 Å². The van der Waals surface area contributed by atoms with Crippen LogP contribution in [-0.2, 0) is 9.59 Å². The summed E-state index contributed by atoms with van der Waals surface area (Å²) in [6, 6.07) is 22.6.